The molecule has 2 aromatic carbocycles. The third-order valence-corrected chi connectivity index (χ3v) is 5.81. The van der Waals surface area contributed by atoms with Crippen molar-refractivity contribution in [2.24, 2.45) is 0 Å². The molecule has 7 heteroatoms. The van der Waals surface area contributed by atoms with Crippen LogP contribution in [0, 0.1) is 6.92 Å². The number of ether oxygens (including phenoxy) is 1. The number of methoxy groups -OCH3 is 1. The van der Waals surface area contributed by atoms with Gasteiger partial charge in [-0.1, -0.05) is 42.5 Å². The first kappa shape index (κ1) is 21.3. The fourth-order valence-corrected chi connectivity index (χ4v) is 4.19. The first-order valence-electron chi connectivity index (χ1n) is 9.23. The summed E-state index contributed by atoms with van der Waals surface area (Å²) in [7, 11) is 4.53. The first-order valence-corrected chi connectivity index (χ1v) is 10.0. The van der Waals surface area contributed by atoms with E-state index in [1.165, 1.54) is 12.0 Å². The van der Waals surface area contributed by atoms with Gasteiger partial charge in [-0.25, -0.2) is 4.79 Å². The van der Waals surface area contributed by atoms with Crippen LogP contribution in [0.5, 0.6) is 0 Å². The van der Waals surface area contributed by atoms with Gasteiger partial charge >= 0.3 is 5.97 Å². The second-order valence-corrected chi connectivity index (χ2v) is 7.87. The summed E-state index contributed by atoms with van der Waals surface area (Å²) in [5.41, 5.74) is 3.17. The van der Waals surface area contributed by atoms with Crippen molar-refractivity contribution in [2.45, 2.75) is 6.92 Å². The Bertz CT molecular complexity index is 1090. The zero-order valence-electron chi connectivity index (χ0n) is 17.2. The second-order valence-electron chi connectivity index (χ2n) is 6.85. The molecular weight excluding hydrogens is 400 g/mol. The molecule has 1 N–H and O–H groups in total. The molecule has 6 nitrogen and oxygen atoms in total. The van der Waals surface area contributed by atoms with Gasteiger partial charge in [0, 0.05) is 19.7 Å². The number of anilines is 1. The maximum atomic E-state index is 12.8. The highest BCUT2D eigenvalue weighted by Crippen LogP contribution is 2.34. The van der Waals surface area contributed by atoms with Gasteiger partial charge in [-0.15, -0.1) is 11.3 Å². The highest BCUT2D eigenvalue weighted by atomic mass is 32.1. The lowest BCUT2D eigenvalue weighted by atomic mass is 10.0. The summed E-state index contributed by atoms with van der Waals surface area (Å²) in [5.74, 6) is -1.21. The Kier molecular flexibility index (Phi) is 6.32. The average Bonchev–Trinajstić information content (AvgIpc) is 3.08. The van der Waals surface area contributed by atoms with Gasteiger partial charge in [0.05, 0.1) is 17.6 Å². The molecule has 0 atom stereocenters. The first-order chi connectivity index (χ1) is 14.3. The van der Waals surface area contributed by atoms with Gasteiger partial charge in [0.25, 0.3) is 11.8 Å². The molecule has 0 saturated carbocycles. The van der Waals surface area contributed by atoms with Crippen molar-refractivity contribution >= 4 is 34.1 Å². The zero-order valence-corrected chi connectivity index (χ0v) is 18.0. The quantitative estimate of drug-likeness (QED) is 0.616. The number of hydrogen-bond donors (Lipinski definition) is 1. The Morgan fingerprint density at radius 3 is 2.10 bits per heavy atom. The smallest absolute Gasteiger partial charge is 0.341 e. The summed E-state index contributed by atoms with van der Waals surface area (Å²) in [5, 5.41) is 3.06. The number of carbonyl (C=O) groups excluding carboxylic acids is 3. The lowest BCUT2D eigenvalue weighted by Crippen LogP contribution is -2.21. The van der Waals surface area contributed by atoms with E-state index in [1.807, 2.05) is 42.5 Å². The van der Waals surface area contributed by atoms with E-state index in [4.69, 9.17) is 4.74 Å². The minimum atomic E-state index is -0.601. The molecule has 0 fully saturated rings. The lowest BCUT2D eigenvalue weighted by Gasteiger charge is -2.08. The third kappa shape index (κ3) is 4.26. The van der Waals surface area contributed by atoms with Crippen LogP contribution in [0.4, 0.5) is 5.00 Å². The Hall–Kier alpha value is -3.45. The topological polar surface area (TPSA) is 75.7 Å². The van der Waals surface area contributed by atoms with E-state index in [-0.39, 0.29) is 17.4 Å². The van der Waals surface area contributed by atoms with Gasteiger partial charge < -0.3 is 15.0 Å². The summed E-state index contributed by atoms with van der Waals surface area (Å²) in [4.78, 5) is 39.3. The molecule has 3 aromatic rings. The molecule has 154 valence electrons. The van der Waals surface area contributed by atoms with E-state index >= 15 is 0 Å². The van der Waals surface area contributed by atoms with Crippen molar-refractivity contribution in [3.63, 3.8) is 0 Å². The van der Waals surface area contributed by atoms with Crippen LogP contribution in [0.3, 0.4) is 0 Å². The number of esters is 1. The average molecular weight is 423 g/mol. The summed E-state index contributed by atoms with van der Waals surface area (Å²) in [6.07, 6.45) is 0. The van der Waals surface area contributed by atoms with Gasteiger partial charge in [0.1, 0.15) is 5.00 Å². The molecule has 0 unspecified atom stereocenters. The predicted molar refractivity (Wildman–Crippen MR) is 118 cm³/mol. The molecule has 1 heterocycles. The molecule has 0 saturated heterocycles. The van der Waals surface area contributed by atoms with Gasteiger partial charge in [0.15, 0.2) is 0 Å². The molecule has 1 aromatic heterocycles. The molecule has 0 aliphatic rings. The minimum Gasteiger partial charge on any atom is -0.465 e. The molecule has 0 spiro atoms. The molecule has 3 rings (SSSR count). The molecule has 30 heavy (non-hydrogen) atoms. The highest BCUT2D eigenvalue weighted by molar-refractivity contribution is 7.18. The number of amides is 2. The fraction of sp³-hybridized carbons (Fsp3) is 0.174. The Morgan fingerprint density at radius 1 is 0.933 bits per heavy atom. The van der Waals surface area contributed by atoms with E-state index in [0.717, 1.165) is 22.5 Å². The fourth-order valence-electron chi connectivity index (χ4n) is 2.98. The molecular formula is C23H22N2O4S. The Labute approximate surface area is 179 Å². The van der Waals surface area contributed by atoms with E-state index in [0.29, 0.717) is 21.0 Å². The van der Waals surface area contributed by atoms with E-state index in [9.17, 15) is 14.4 Å². The number of thiophene rings is 1. The van der Waals surface area contributed by atoms with Crippen molar-refractivity contribution in [2.75, 3.05) is 26.5 Å². The normalized spacial score (nSPS) is 10.4. The highest BCUT2D eigenvalue weighted by Gasteiger charge is 2.27. The van der Waals surface area contributed by atoms with Crippen LogP contribution >= 0.6 is 11.3 Å². The molecule has 0 aliphatic carbocycles. The van der Waals surface area contributed by atoms with Crippen LogP contribution in [-0.2, 0) is 4.74 Å². The van der Waals surface area contributed by atoms with E-state index < -0.39 is 5.97 Å². The van der Waals surface area contributed by atoms with Crippen molar-refractivity contribution < 1.29 is 19.1 Å². The van der Waals surface area contributed by atoms with E-state index in [1.54, 1.807) is 33.2 Å². The number of nitrogens with zero attached hydrogens (tertiary/aromatic N) is 1. The molecule has 0 aliphatic heterocycles. The summed E-state index contributed by atoms with van der Waals surface area (Å²) >= 11 is 1.07. The van der Waals surface area contributed by atoms with Gasteiger partial charge in [-0.05, 0) is 35.7 Å². The Balaban J connectivity index is 1.89. The monoisotopic (exact) mass is 422 g/mol. The van der Waals surface area contributed by atoms with Gasteiger partial charge in [-0.2, -0.15) is 0 Å². The van der Waals surface area contributed by atoms with Gasteiger partial charge in [0.2, 0.25) is 0 Å². The number of benzene rings is 2. The van der Waals surface area contributed by atoms with Crippen LogP contribution in [-0.4, -0.2) is 43.9 Å². The van der Waals surface area contributed by atoms with Crippen molar-refractivity contribution in [1.82, 2.24) is 4.90 Å². The van der Waals surface area contributed by atoms with Crippen LogP contribution in [0.25, 0.3) is 11.1 Å². The maximum absolute atomic E-state index is 12.8. The van der Waals surface area contributed by atoms with Crippen LogP contribution in [0.1, 0.15) is 36.0 Å². The van der Waals surface area contributed by atoms with Crippen molar-refractivity contribution in [1.29, 1.82) is 0 Å². The molecule has 2 amide bonds. The van der Waals surface area contributed by atoms with Crippen molar-refractivity contribution in [3.8, 4) is 11.1 Å². The number of nitrogens with one attached hydrogen (secondary N) is 1. The summed E-state index contributed by atoms with van der Waals surface area (Å²) in [6.45, 7) is 1.67. The molecule has 0 radical (unpaired) electrons. The van der Waals surface area contributed by atoms with Crippen LogP contribution < -0.4 is 5.32 Å². The zero-order chi connectivity index (χ0) is 21.8. The number of rotatable bonds is 5. The number of carbonyl (C=O) groups is 3. The minimum absolute atomic E-state index is 0.196. The third-order valence-electron chi connectivity index (χ3n) is 4.62. The SMILES string of the molecule is COC(=O)c1c(NC(=O)c2ccc(-c3ccccc3)cc2)sc(C(=O)N(C)C)c1C. The number of hydrogen-bond acceptors (Lipinski definition) is 5. The second kappa shape index (κ2) is 8.92. The van der Waals surface area contributed by atoms with Crippen LogP contribution in [0.15, 0.2) is 54.6 Å². The summed E-state index contributed by atoms with van der Waals surface area (Å²) < 4.78 is 4.85. The van der Waals surface area contributed by atoms with E-state index in [2.05, 4.69) is 5.32 Å². The predicted octanol–water partition coefficient (Wildman–Crippen LogP) is 4.46. The summed E-state index contributed by atoms with van der Waals surface area (Å²) in [6, 6.07) is 17.0. The van der Waals surface area contributed by atoms with Gasteiger partial charge in [-0.3, -0.25) is 9.59 Å². The van der Waals surface area contributed by atoms with Crippen LogP contribution in [0.2, 0.25) is 0 Å². The molecule has 0 bridgehead atoms. The largest absolute Gasteiger partial charge is 0.465 e. The Morgan fingerprint density at radius 2 is 1.53 bits per heavy atom. The standard InChI is InChI=1S/C23H22N2O4S/c1-14-18(23(28)29-4)21(30-19(14)22(27)25(2)3)24-20(26)17-12-10-16(11-13-17)15-8-6-5-7-9-15/h5-13H,1-4H3,(H,24,26). The maximum Gasteiger partial charge on any atom is 0.341 e. The lowest BCUT2D eigenvalue weighted by molar-refractivity contribution is 0.0601. The van der Waals surface area contributed by atoms with Crippen molar-refractivity contribution in [3.05, 3.63) is 76.2 Å².